The molecule has 0 atom stereocenters. The van der Waals surface area contributed by atoms with E-state index in [9.17, 15) is 0 Å². The van der Waals surface area contributed by atoms with E-state index >= 15 is 0 Å². The summed E-state index contributed by atoms with van der Waals surface area (Å²) in [5, 5.41) is 3.78. The van der Waals surface area contributed by atoms with Crippen LogP contribution in [0.15, 0.2) is 0 Å². The van der Waals surface area contributed by atoms with Gasteiger partial charge in [0.05, 0.1) is 0 Å². The molecule has 0 aromatic heterocycles. The van der Waals surface area contributed by atoms with E-state index in [1.54, 1.807) is 0 Å². The molecule has 2 aliphatic carbocycles. The van der Waals surface area contributed by atoms with Gasteiger partial charge in [-0.05, 0) is 57.8 Å². The normalized spacial score (nSPS) is 24.8. The Bertz CT molecular complexity index is 239. The summed E-state index contributed by atoms with van der Waals surface area (Å²) >= 11 is 0. The van der Waals surface area contributed by atoms with Crippen molar-refractivity contribution >= 4 is 0 Å². The van der Waals surface area contributed by atoms with E-state index in [-0.39, 0.29) is 5.54 Å². The fourth-order valence-electron chi connectivity index (χ4n) is 3.90. The molecule has 0 aromatic rings. The molecule has 0 bridgehead atoms. The zero-order chi connectivity index (χ0) is 13.1. The van der Waals surface area contributed by atoms with Gasteiger partial charge < -0.3 is 5.32 Å². The van der Waals surface area contributed by atoms with Crippen LogP contribution in [0, 0.1) is 11.3 Å². The van der Waals surface area contributed by atoms with Gasteiger partial charge in [0.15, 0.2) is 0 Å². The van der Waals surface area contributed by atoms with Crippen LogP contribution in [-0.2, 0) is 0 Å². The molecular weight excluding hydrogens is 218 g/mol. The first kappa shape index (κ1) is 14.4. The van der Waals surface area contributed by atoms with Gasteiger partial charge in [-0.2, -0.15) is 0 Å². The molecule has 2 aliphatic rings. The van der Waals surface area contributed by atoms with Gasteiger partial charge in [-0.1, -0.05) is 38.5 Å². The number of hydrogen-bond acceptors (Lipinski definition) is 1. The van der Waals surface area contributed by atoms with Crippen molar-refractivity contribution in [2.45, 2.75) is 90.5 Å². The van der Waals surface area contributed by atoms with E-state index in [1.807, 2.05) is 0 Å². The largest absolute Gasteiger partial charge is 0.312 e. The molecule has 1 nitrogen and oxygen atoms in total. The number of nitrogens with one attached hydrogen (secondary N) is 1. The van der Waals surface area contributed by atoms with Crippen LogP contribution in [0.1, 0.15) is 85.0 Å². The predicted octanol–water partition coefficient (Wildman–Crippen LogP) is 4.91. The van der Waals surface area contributed by atoms with Crippen LogP contribution in [0.25, 0.3) is 0 Å². The van der Waals surface area contributed by atoms with Crippen molar-refractivity contribution < 1.29 is 0 Å². The fourth-order valence-corrected chi connectivity index (χ4v) is 3.90. The Kier molecular flexibility index (Phi) is 4.75. The minimum atomic E-state index is 0.281. The van der Waals surface area contributed by atoms with Gasteiger partial charge in [-0.25, -0.2) is 0 Å². The molecule has 1 heteroatoms. The van der Waals surface area contributed by atoms with E-state index < -0.39 is 0 Å². The summed E-state index contributed by atoms with van der Waals surface area (Å²) < 4.78 is 0. The third-order valence-electron chi connectivity index (χ3n) is 5.22. The summed E-state index contributed by atoms with van der Waals surface area (Å²) in [5.41, 5.74) is 0.929. The number of hydrogen-bond donors (Lipinski definition) is 1. The molecule has 18 heavy (non-hydrogen) atoms. The molecule has 0 unspecified atom stereocenters. The summed E-state index contributed by atoms with van der Waals surface area (Å²) in [6.45, 7) is 8.15. The van der Waals surface area contributed by atoms with Gasteiger partial charge in [0.1, 0.15) is 0 Å². The molecule has 0 radical (unpaired) electrons. The van der Waals surface area contributed by atoms with Crippen molar-refractivity contribution in [2.75, 3.05) is 6.54 Å². The molecule has 0 spiro atoms. The van der Waals surface area contributed by atoms with E-state index in [4.69, 9.17) is 0 Å². The standard InChI is InChI=1S/C17H33N/c1-16(2,3)18-14-17(11-6-7-12-17)13-10-15-8-4-5-9-15/h15,18H,4-14H2,1-3H3. The summed E-state index contributed by atoms with van der Waals surface area (Å²) in [7, 11) is 0. The molecular formula is C17H33N. The van der Waals surface area contributed by atoms with Crippen LogP contribution in [0.2, 0.25) is 0 Å². The SMILES string of the molecule is CC(C)(C)NCC1(CCC2CCCC2)CCCC1. The zero-order valence-corrected chi connectivity index (χ0v) is 12.9. The highest BCUT2D eigenvalue weighted by Crippen LogP contribution is 2.44. The quantitative estimate of drug-likeness (QED) is 0.732. The van der Waals surface area contributed by atoms with Crippen LogP contribution < -0.4 is 5.32 Å². The summed E-state index contributed by atoms with van der Waals surface area (Å²) in [6, 6.07) is 0. The van der Waals surface area contributed by atoms with Crippen LogP contribution >= 0.6 is 0 Å². The molecule has 0 aliphatic heterocycles. The molecule has 2 rings (SSSR count). The Hall–Kier alpha value is -0.0400. The maximum absolute atomic E-state index is 3.78. The van der Waals surface area contributed by atoms with Gasteiger partial charge in [0, 0.05) is 12.1 Å². The lowest BCUT2D eigenvalue weighted by atomic mass is 9.78. The minimum absolute atomic E-state index is 0.281. The molecule has 106 valence electrons. The van der Waals surface area contributed by atoms with Gasteiger partial charge in [-0.15, -0.1) is 0 Å². The van der Waals surface area contributed by atoms with Gasteiger partial charge in [-0.3, -0.25) is 0 Å². The molecule has 0 aromatic carbocycles. The second-order valence-electron chi connectivity index (χ2n) is 8.00. The van der Waals surface area contributed by atoms with Crippen LogP contribution in [-0.4, -0.2) is 12.1 Å². The molecule has 0 saturated heterocycles. The van der Waals surface area contributed by atoms with Gasteiger partial charge in [0.2, 0.25) is 0 Å². The highest BCUT2D eigenvalue weighted by Gasteiger charge is 2.35. The van der Waals surface area contributed by atoms with Crippen LogP contribution in [0.4, 0.5) is 0 Å². The average Bonchev–Trinajstić information content (AvgIpc) is 2.96. The van der Waals surface area contributed by atoms with Crippen molar-refractivity contribution in [2.24, 2.45) is 11.3 Å². The summed E-state index contributed by atoms with van der Waals surface area (Å²) in [4.78, 5) is 0. The van der Waals surface area contributed by atoms with Gasteiger partial charge in [0.25, 0.3) is 0 Å². The lowest BCUT2D eigenvalue weighted by Crippen LogP contribution is -2.43. The van der Waals surface area contributed by atoms with Crippen LogP contribution in [0.3, 0.4) is 0 Å². The fraction of sp³-hybridized carbons (Fsp3) is 1.00. The van der Waals surface area contributed by atoms with Gasteiger partial charge >= 0.3 is 0 Å². The topological polar surface area (TPSA) is 12.0 Å². The predicted molar refractivity (Wildman–Crippen MR) is 79.8 cm³/mol. The molecule has 0 amide bonds. The third kappa shape index (κ3) is 4.26. The summed E-state index contributed by atoms with van der Waals surface area (Å²) in [6.07, 6.45) is 14.9. The lowest BCUT2D eigenvalue weighted by molar-refractivity contribution is 0.210. The molecule has 2 fully saturated rings. The maximum Gasteiger partial charge on any atom is 0.00967 e. The second kappa shape index (κ2) is 5.94. The maximum atomic E-state index is 3.78. The Morgan fingerprint density at radius 3 is 2.17 bits per heavy atom. The van der Waals surface area contributed by atoms with E-state index in [0.29, 0.717) is 5.41 Å². The second-order valence-corrected chi connectivity index (χ2v) is 8.00. The highest BCUT2D eigenvalue weighted by atomic mass is 15.0. The minimum Gasteiger partial charge on any atom is -0.312 e. The van der Waals surface area contributed by atoms with Crippen molar-refractivity contribution in [1.29, 1.82) is 0 Å². The summed E-state index contributed by atoms with van der Waals surface area (Å²) in [5.74, 6) is 1.07. The first-order valence-electron chi connectivity index (χ1n) is 8.24. The lowest BCUT2D eigenvalue weighted by Gasteiger charge is -2.34. The van der Waals surface area contributed by atoms with Crippen LogP contribution in [0.5, 0.6) is 0 Å². The Balaban J connectivity index is 1.81. The van der Waals surface area contributed by atoms with Crippen molar-refractivity contribution in [3.63, 3.8) is 0 Å². The average molecular weight is 251 g/mol. The highest BCUT2D eigenvalue weighted by molar-refractivity contribution is 4.89. The Labute approximate surface area is 114 Å². The Morgan fingerprint density at radius 2 is 1.61 bits per heavy atom. The Morgan fingerprint density at radius 1 is 1.00 bits per heavy atom. The smallest absolute Gasteiger partial charge is 0.00967 e. The van der Waals surface area contributed by atoms with Crippen molar-refractivity contribution in [3.8, 4) is 0 Å². The molecule has 2 saturated carbocycles. The molecule has 0 heterocycles. The zero-order valence-electron chi connectivity index (χ0n) is 12.9. The van der Waals surface area contributed by atoms with Crippen molar-refractivity contribution in [3.05, 3.63) is 0 Å². The first-order chi connectivity index (χ1) is 8.49. The van der Waals surface area contributed by atoms with Crippen molar-refractivity contribution in [1.82, 2.24) is 5.32 Å². The first-order valence-corrected chi connectivity index (χ1v) is 8.24. The number of rotatable bonds is 5. The van der Waals surface area contributed by atoms with E-state index in [1.165, 1.54) is 70.8 Å². The third-order valence-corrected chi connectivity index (χ3v) is 5.22. The van der Waals surface area contributed by atoms with E-state index in [2.05, 4.69) is 26.1 Å². The molecule has 1 N–H and O–H groups in total. The monoisotopic (exact) mass is 251 g/mol. The van der Waals surface area contributed by atoms with E-state index in [0.717, 1.165) is 5.92 Å².